The number of likely N-dealkylation sites (tertiary alicyclic amines) is 1. The zero-order valence-electron chi connectivity index (χ0n) is 13.2. The van der Waals surface area contributed by atoms with Crippen molar-refractivity contribution in [2.24, 2.45) is 0 Å². The van der Waals surface area contributed by atoms with Gasteiger partial charge in [-0.2, -0.15) is 5.10 Å². The molecule has 2 aromatic rings. The van der Waals surface area contributed by atoms with Crippen molar-refractivity contribution >= 4 is 17.5 Å². The van der Waals surface area contributed by atoms with Crippen LogP contribution in [0.3, 0.4) is 0 Å². The zero-order chi connectivity index (χ0) is 16.2. The highest BCUT2D eigenvalue weighted by Gasteiger charge is 2.21. The summed E-state index contributed by atoms with van der Waals surface area (Å²) in [7, 11) is 0. The van der Waals surface area contributed by atoms with Crippen LogP contribution in [0.1, 0.15) is 25.3 Å². The van der Waals surface area contributed by atoms with E-state index in [2.05, 4.69) is 17.3 Å². The second kappa shape index (κ2) is 7.15. The monoisotopic (exact) mass is 332 g/mol. The molecular weight excluding hydrogens is 312 g/mol. The van der Waals surface area contributed by atoms with E-state index in [0.29, 0.717) is 11.4 Å². The van der Waals surface area contributed by atoms with E-state index >= 15 is 0 Å². The Hall–Kier alpha value is -1.85. The first kappa shape index (κ1) is 16.0. The van der Waals surface area contributed by atoms with Crippen molar-refractivity contribution in [3.63, 3.8) is 0 Å². The van der Waals surface area contributed by atoms with Crippen molar-refractivity contribution in [3.8, 4) is 5.69 Å². The number of carbonyl (C=O) groups excluding carboxylic acids is 1. The first-order valence-corrected chi connectivity index (χ1v) is 8.30. The SMILES string of the molecule is C[C@@H](CN1CCCC1=O)NCc1cnn(-c2ccc(Cl)cc2)c1. The van der Waals surface area contributed by atoms with Gasteiger partial charge in [-0.15, -0.1) is 0 Å². The molecule has 122 valence electrons. The van der Waals surface area contributed by atoms with Crippen LogP contribution in [0.15, 0.2) is 36.7 Å². The lowest BCUT2D eigenvalue weighted by Crippen LogP contribution is -2.39. The number of hydrogen-bond acceptors (Lipinski definition) is 3. The molecule has 1 N–H and O–H groups in total. The maximum Gasteiger partial charge on any atom is 0.222 e. The van der Waals surface area contributed by atoms with Gasteiger partial charge < -0.3 is 10.2 Å². The number of amides is 1. The van der Waals surface area contributed by atoms with E-state index in [-0.39, 0.29) is 11.9 Å². The highest BCUT2D eigenvalue weighted by atomic mass is 35.5. The van der Waals surface area contributed by atoms with Crippen LogP contribution in [0.25, 0.3) is 5.69 Å². The molecule has 0 saturated carbocycles. The summed E-state index contributed by atoms with van der Waals surface area (Å²) in [5.74, 6) is 0.272. The molecule has 1 atom stereocenters. The molecule has 0 aliphatic carbocycles. The van der Waals surface area contributed by atoms with Crippen LogP contribution in [0.2, 0.25) is 5.02 Å². The Kier molecular flexibility index (Phi) is 4.98. The number of rotatable bonds is 6. The van der Waals surface area contributed by atoms with Gasteiger partial charge in [-0.3, -0.25) is 4.79 Å². The van der Waals surface area contributed by atoms with Crippen LogP contribution >= 0.6 is 11.6 Å². The average Bonchev–Trinajstić information content (AvgIpc) is 3.16. The van der Waals surface area contributed by atoms with Crippen molar-refractivity contribution in [1.82, 2.24) is 20.0 Å². The first-order valence-electron chi connectivity index (χ1n) is 7.92. The Bertz CT molecular complexity index is 667. The smallest absolute Gasteiger partial charge is 0.222 e. The lowest BCUT2D eigenvalue weighted by Gasteiger charge is -2.21. The standard InChI is InChI=1S/C17H21ClN4O/c1-13(11-21-8-2-3-17(21)23)19-9-14-10-20-22(12-14)16-6-4-15(18)5-7-16/h4-7,10,12-13,19H,2-3,8-9,11H2,1H3/t13-/m0/s1. The van der Waals surface area contributed by atoms with E-state index in [1.807, 2.05) is 46.2 Å². The van der Waals surface area contributed by atoms with E-state index in [1.165, 1.54) is 0 Å². The van der Waals surface area contributed by atoms with Crippen molar-refractivity contribution in [2.45, 2.75) is 32.4 Å². The summed E-state index contributed by atoms with van der Waals surface area (Å²) in [5, 5.41) is 8.55. The van der Waals surface area contributed by atoms with Gasteiger partial charge in [0.1, 0.15) is 0 Å². The van der Waals surface area contributed by atoms with Gasteiger partial charge in [-0.05, 0) is 37.6 Å². The van der Waals surface area contributed by atoms with E-state index < -0.39 is 0 Å². The summed E-state index contributed by atoms with van der Waals surface area (Å²) < 4.78 is 1.84. The third-order valence-corrected chi connectivity index (χ3v) is 4.30. The number of aromatic nitrogens is 2. The first-order chi connectivity index (χ1) is 11.1. The molecule has 1 aliphatic rings. The van der Waals surface area contributed by atoms with Gasteiger partial charge in [0.25, 0.3) is 0 Å². The average molecular weight is 333 g/mol. The van der Waals surface area contributed by atoms with Crippen molar-refractivity contribution < 1.29 is 4.79 Å². The Morgan fingerprint density at radius 2 is 2.13 bits per heavy atom. The Balaban J connectivity index is 1.52. The minimum atomic E-state index is 0.260. The summed E-state index contributed by atoms with van der Waals surface area (Å²) in [6.45, 7) is 4.50. The summed E-state index contributed by atoms with van der Waals surface area (Å²) in [5.41, 5.74) is 2.09. The summed E-state index contributed by atoms with van der Waals surface area (Å²) >= 11 is 5.90. The van der Waals surface area contributed by atoms with Crippen LogP contribution in [0, 0.1) is 0 Å². The Morgan fingerprint density at radius 3 is 2.83 bits per heavy atom. The second-order valence-electron chi connectivity index (χ2n) is 5.99. The van der Waals surface area contributed by atoms with Gasteiger partial charge in [0.15, 0.2) is 0 Å². The van der Waals surface area contributed by atoms with Crippen LogP contribution < -0.4 is 5.32 Å². The summed E-state index contributed by atoms with van der Waals surface area (Å²) in [4.78, 5) is 13.6. The molecule has 1 aliphatic heterocycles. The number of nitrogens with zero attached hydrogens (tertiary/aromatic N) is 3. The molecule has 1 aromatic carbocycles. The minimum absolute atomic E-state index is 0.260. The zero-order valence-corrected chi connectivity index (χ0v) is 14.0. The van der Waals surface area contributed by atoms with Crippen molar-refractivity contribution in [2.75, 3.05) is 13.1 Å². The third-order valence-electron chi connectivity index (χ3n) is 4.05. The van der Waals surface area contributed by atoms with Crippen LogP contribution in [-0.2, 0) is 11.3 Å². The predicted octanol–water partition coefficient (Wildman–Crippen LogP) is 2.63. The van der Waals surface area contributed by atoms with Crippen LogP contribution in [0.5, 0.6) is 0 Å². The van der Waals surface area contributed by atoms with Crippen molar-refractivity contribution in [3.05, 3.63) is 47.2 Å². The van der Waals surface area contributed by atoms with Crippen molar-refractivity contribution in [1.29, 1.82) is 0 Å². The quantitative estimate of drug-likeness (QED) is 0.884. The van der Waals surface area contributed by atoms with E-state index in [0.717, 1.165) is 37.3 Å². The van der Waals surface area contributed by atoms with Crippen LogP contribution in [-0.4, -0.2) is 39.7 Å². The lowest BCUT2D eigenvalue weighted by molar-refractivity contribution is -0.127. The van der Waals surface area contributed by atoms with Gasteiger partial charge in [-0.25, -0.2) is 4.68 Å². The predicted molar refractivity (Wildman–Crippen MR) is 90.7 cm³/mol. The van der Waals surface area contributed by atoms with E-state index in [4.69, 9.17) is 11.6 Å². The Morgan fingerprint density at radius 1 is 1.35 bits per heavy atom. The highest BCUT2D eigenvalue weighted by Crippen LogP contribution is 2.14. The molecule has 2 heterocycles. The fourth-order valence-electron chi connectivity index (χ4n) is 2.77. The van der Waals surface area contributed by atoms with Gasteiger partial charge >= 0.3 is 0 Å². The molecule has 1 saturated heterocycles. The lowest BCUT2D eigenvalue weighted by atomic mass is 10.2. The molecule has 0 unspecified atom stereocenters. The maximum absolute atomic E-state index is 11.6. The summed E-state index contributed by atoms with van der Waals surface area (Å²) in [6, 6.07) is 7.84. The van der Waals surface area contributed by atoms with E-state index in [1.54, 1.807) is 0 Å². The van der Waals surface area contributed by atoms with Gasteiger partial charge in [0.05, 0.1) is 11.9 Å². The molecule has 1 aromatic heterocycles. The van der Waals surface area contributed by atoms with Gasteiger partial charge in [0.2, 0.25) is 5.91 Å². The van der Waals surface area contributed by atoms with E-state index in [9.17, 15) is 4.79 Å². The molecule has 5 nitrogen and oxygen atoms in total. The fraction of sp³-hybridized carbons (Fsp3) is 0.412. The molecule has 0 spiro atoms. The largest absolute Gasteiger partial charge is 0.341 e. The molecule has 1 amide bonds. The third kappa shape index (κ3) is 4.12. The topological polar surface area (TPSA) is 50.2 Å². The number of carbonyl (C=O) groups is 1. The van der Waals surface area contributed by atoms with Gasteiger partial charge in [-0.1, -0.05) is 11.6 Å². The summed E-state index contributed by atoms with van der Waals surface area (Å²) in [6.07, 6.45) is 5.54. The van der Waals surface area contributed by atoms with Crippen LogP contribution in [0.4, 0.5) is 0 Å². The fourth-order valence-corrected chi connectivity index (χ4v) is 2.90. The number of hydrogen-bond donors (Lipinski definition) is 1. The maximum atomic E-state index is 11.6. The Labute approximate surface area is 141 Å². The molecule has 3 rings (SSSR count). The normalized spacial score (nSPS) is 16.1. The molecular formula is C17H21ClN4O. The van der Waals surface area contributed by atoms with Gasteiger partial charge in [0, 0.05) is 48.9 Å². The number of benzene rings is 1. The highest BCUT2D eigenvalue weighted by molar-refractivity contribution is 6.30. The molecule has 0 bridgehead atoms. The molecule has 0 radical (unpaired) electrons. The second-order valence-corrected chi connectivity index (χ2v) is 6.43. The molecule has 23 heavy (non-hydrogen) atoms. The number of halogens is 1. The molecule has 1 fully saturated rings. The molecule has 6 heteroatoms. The minimum Gasteiger partial charge on any atom is -0.341 e. The number of nitrogens with one attached hydrogen (secondary N) is 1.